The molecule has 1 aliphatic heterocycles. The van der Waals surface area contributed by atoms with Gasteiger partial charge in [0, 0.05) is 21.3 Å². The fourth-order valence-corrected chi connectivity index (χ4v) is 3.76. The van der Waals surface area contributed by atoms with Crippen LogP contribution in [-0.2, 0) is 0 Å². The normalized spacial score (nSPS) is 14.8. The van der Waals surface area contributed by atoms with Crippen molar-refractivity contribution in [1.29, 1.82) is 0 Å². The van der Waals surface area contributed by atoms with Gasteiger partial charge in [-0.3, -0.25) is 10.1 Å². The third-order valence-electron chi connectivity index (χ3n) is 5.09. The van der Waals surface area contributed by atoms with Crippen molar-refractivity contribution in [2.75, 3.05) is 10.6 Å². The Morgan fingerprint density at radius 1 is 0.906 bits per heavy atom. The second kappa shape index (κ2) is 8.49. The number of fused-ring (bicyclic) bond motifs is 1. The lowest BCUT2D eigenvalue weighted by atomic mass is 10.0. The van der Waals surface area contributed by atoms with Crippen LogP contribution in [0.4, 0.5) is 11.9 Å². The van der Waals surface area contributed by atoms with Crippen molar-refractivity contribution in [1.82, 2.24) is 14.8 Å². The molecule has 1 amide bonds. The summed E-state index contributed by atoms with van der Waals surface area (Å²) in [6, 6.07) is 24.0. The molecule has 0 bridgehead atoms. The summed E-state index contributed by atoms with van der Waals surface area (Å²) in [5.41, 5.74) is 3.38. The van der Waals surface area contributed by atoms with Crippen molar-refractivity contribution in [2.24, 2.45) is 0 Å². The highest BCUT2D eigenvalue weighted by Gasteiger charge is 2.26. The Morgan fingerprint density at radius 2 is 1.56 bits per heavy atom. The Hall–Kier alpha value is -3.61. The first-order chi connectivity index (χ1) is 15.6. The molecule has 2 heterocycles. The minimum atomic E-state index is -0.316. The van der Waals surface area contributed by atoms with Gasteiger partial charge in [0.05, 0.1) is 0 Å². The molecule has 1 aromatic heterocycles. The number of carbonyl (C=O) groups excluding carboxylic acids is 1. The molecule has 8 heteroatoms. The molecule has 0 saturated heterocycles. The van der Waals surface area contributed by atoms with Gasteiger partial charge in [-0.25, -0.2) is 4.68 Å². The zero-order chi connectivity index (χ0) is 22.1. The molecule has 0 aliphatic carbocycles. The molecule has 0 radical (unpaired) electrons. The number of carbonyl (C=O) groups is 1. The maximum atomic E-state index is 12.6. The average molecular weight is 462 g/mol. The molecule has 4 aromatic rings. The number of halogens is 2. The molecule has 0 spiro atoms. The molecule has 1 atom stereocenters. The molecular formula is C24H17Cl2N5O. The largest absolute Gasteiger partial charge is 0.324 e. The minimum Gasteiger partial charge on any atom is -0.324 e. The fourth-order valence-electron chi connectivity index (χ4n) is 3.50. The van der Waals surface area contributed by atoms with E-state index in [0.717, 1.165) is 16.8 Å². The van der Waals surface area contributed by atoms with Crippen LogP contribution in [0.15, 0.2) is 84.9 Å². The molecule has 0 saturated carbocycles. The first-order valence-electron chi connectivity index (χ1n) is 9.90. The van der Waals surface area contributed by atoms with Crippen molar-refractivity contribution < 1.29 is 4.79 Å². The summed E-state index contributed by atoms with van der Waals surface area (Å²) in [4.78, 5) is 17.1. The highest BCUT2D eigenvalue weighted by atomic mass is 35.5. The Labute approximate surface area is 194 Å². The summed E-state index contributed by atoms with van der Waals surface area (Å²) < 4.78 is 1.74. The second-order valence-electron chi connectivity index (χ2n) is 7.23. The van der Waals surface area contributed by atoms with Crippen LogP contribution < -0.4 is 10.6 Å². The standard InChI is InChI=1S/C24H17Cl2N5O/c25-18-10-6-16(7-11-18)21-14-20(15-4-2-1-3-5-15)27-24-29-23(30-31(21)24)28-22(32)17-8-12-19(26)13-9-17/h1-14,21H,(H2,27,28,29,30,32)/t21-/m1/s1. The highest BCUT2D eigenvalue weighted by molar-refractivity contribution is 6.30. The number of anilines is 2. The first-order valence-corrected chi connectivity index (χ1v) is 10.7. The third kappa shape index (κ3) is 4.10. The Balaban J connectivity index is 1.50. The molecule has 32 heavy (non-hydrogen) atoms. The summed E-state index contributed by atoms with van der Waals surface area (Å²) in [6.45, 7) is 0. The number of benzene rings is 3. The number of allylic oxidation sites excluding steroid dienone is 1. The molecule has 3 aromatic carbocycles. The second-order valence-corrected chi connectivity index (χ2v) is 8.11. The van der Waals surface area contributed by atoms with Gasteiger partial charge in [0.25, 0.3) is 11.9 Å². The summed E-state index contributed by atoms with van der Waals surface area (Å²) in [5, 5.41) is 11.9. The smallest absolute Gasteiger partial charge is 0.258 e. The predicted octanol–water partition coefficient (Wildman–Crippen LogP) is 5.89. The van der Waals surface area contributed by atoms with Crippen LogP contribution in [0.25, 0.3) is 5.70 Å². The van der Waals surface area contributed by atoms with Gasteiger partial charge >= 0.3 is 0 Å². The van der Waals surface area contributed by atoms with Gasteiger partial charge in [0.1, 0.15) is 6.04 Å². The van der Waals surface area contributed by atoms with E-state index in [9.17, 15) is 4.79 Å². The van der Waals surface area contributed by atoms with Crippen molar-refractivity contribution in [3.8, 4) is 0 Å². The number of nitrogens with zero attached hydrogens (tertiary/aromatic N) is 3. The number of rotatable bonds is 4. The highest BCUT2D eigenvalue weighted by Crippen LogP contribution is 2.33. The summed E-state index contributed by atoms with van der Waals surface area (Å²) in [5.74, 6) is 0.413. The average Bonchev–Trinajstić information content (AvgIpc) is 3.22. The van der Waals surface area contributed by atoms with Crippen LogP contribution in [0, 0.1) is 0 Å². The molecule has 158 valence electrons. The molecule has 0 unspecified atom stereocenters. The Bertz CT molecular complexity index is 1300. The molecule has 0 fully saturated rings. The zero-order valence-corrected chi connectivity index (χ0v) is 18.2. The van der Waals surface area contributed by atoms with E-state index < -0.39 is 0 Å². The number of amides is 1. The molecular weight excluding hydrogens is 445 g/mol. The van der Waals surface area contributed by atoms with E-state index in [2.05, 4.69) is 26.8 Å². The summed E-state index contributed by atoms with van der Waals surface area (Å²) >= 11 is 12.0. The van der Waals surface area contributed by atoms with Crippen LogP contribution in [0.5, 0.6) is 0 Å². The van der Waals surface area contributed by atoms with Crippen LogP contribution in [0.2, 0.25) is 10.0 Å². The fraction of sp³-hybridized carbons (Fsp3) is 0.0417. The molecule has 6 nitrogen and oxygen atoms in total. The van der Waals surface area contributed by atoms with Crippen LogP contribution in [0.1, 0.15) is 27.5 Å². The first kappa shape index (κ1) is 20.3. The van der Waals surface area contributed by atoms with Crippen molar-refractivity contribution in [3.05, 3.63) is 112 Å². The maximum Gasteiger partial charge on any atom is 0.258 e. The molecule has 2 N–H and O–H groups in total. The third-order valence-corrected chi connectivity index (χ3v) is 5.60. The molecule has 1 aliphatic rings. The predicted molar refractivity (Wildman–Crippen MR) is 127 cm³/mol. The summed E-state index contributed by atoms with van der Waals surface area (Å²) in [6.07, 6.45) is 2.07. The Morgan fingerprint density at radius 3 is 2.25 bits per heavy atom. The van der Waals surface area contributed by atoms with Gasteiger partial charge in [0.15, 0.2) is 0 Å². The number of hydrogen-bond acceptors (Lipinski definition) is 4. The van der Waals surface area contributed by atoms with E-state index in [4.69, 9.17) is 23.2 Å². The van der Waals surface area contributed by atoms with Gasteiger partial charge in [-0.15, -0.1) is 5.10 Å². The summed E-state index contributed by atoms with van der Waals surface area (Å²) in [7, 11) is 0. The monoisotopic (exact) mass is 461 g/mol. The van der Waals surface area contributed by atoms with Gasteiger partial charge < -0.3 is 5.32 Å². The van der Waals surface area contributed by atoms with E-state index in [1.54, 1.807) is 28.9 Å². The van der Waals surface area contributed by atoms with Crippen LogP contribution in [0.3, 0.4) is 0 Å². The Kier molecular flexibility index (Phi) is 5.39. The van der Waals surface area contributed by atoms with Crippen LogP contribution >= 0.6 is 23.2 Å². The van der Waals surface area contributed by atoms with E-state index in [1.165, 1.54) is 0 Å². The van der Waals surface area contributed by atoms with E-state index in [0.29, 0.717) is 21.6 Å². The molecule has 5 rings (SSSR count). The minimum absolute atomic E-state index is 0.203. The van der Waals surface area contributed by atoms with Gasteiger partial charge in [-0.1, -0.05) is 65.7 Å². The van der Waals surface area contributed by atoms with E-state index in [-0.39, 0.29) is 17.9 Å². The lowest BCUT2D eigenvalue weighted by Crippen LogP contribution is -2.20. The van der Waals surface area contributed by atoms with Crippen LogP contribution in [-0.4, -0.2) is 20.7 Å². The topological polar surface area (TPSA) is 71.8 Å². The number of nitrogens with one attached hydrogen (secondary N) is 2. The quantitative estimate of drug-likeness (QED) is 0.397. The van der Waals surface area contributed by atoms with Crippen molar-refractivity contribution in [2.45, 2.75) is 6.04 Å². The lowest BCUT2D eigenvalue weighted by molar-refractivity contribution is 0.102. The van der Waals surface area contributed by atoms with E-state index in [1.807, 2.05) is 54.6 Å². The lowest BCUT2D eigenvalue weighted by Gasteiger charge is -2.24. The SMILES string of the molecule is O=C(Nc1nc2n(n1)[C@@H](c1ccc(Cl)cc1)C=C(c1ccccc1)N2)c1ccc(Cl)cc1. The number of hydrogen-bond donors (Lipinski definition) is 2. The zero-order valence-electron chi connectivity index (χ0n) is 16.7. The van der Waals surface area contributed by atoms with E-state index >= 15 is 0 Å². The maximum absolute atomic E-state index is 12.6. The van der Waals surface area contributed by atoms with Gasteiger partial charge in [0.2, 0.25) is 5.95 Å². The van der Waals surface area contributed by atoms with Gasteiger partial charge in [-0.2, -0.15) is 4.98 Å². The van der Waals surface area contributed by atoms with Crippen molar-refractivity contribution >= 4 is 46.7 Å². The van der Waals surface area contributed by atoms with Gasteiger partial charge in [-0.05, 0) is 53.6 Å². The van der Waals surface area contributed by atoms with Crippen molar-refractivity contribution in [3.63, 3.8) is 0 Å². The number of aromatic nitrogens is 3.